The van der Waals surface area contributed by atoms with Gasteiger partial charge >= 0.3 is 0 Å². The van der Waals surface area contributed by atoms with Crippen LogP contribution in [-0.4, -0.2) is 36.3 Å². The van der Waals surface area contributed by atoms with E-state index in [1.54, 1.807) is 36.2 Å². The van der Waals surface area contributed by atoms with Crippen molar-refractivity contribution in [2.24, 2.45) is 0 Å². The molecule has 0 radical (unpaired) electrons. The third-order valence-corrected chi connectivity index (χ3v) is 4.05. The lowest BCUT2D eigenvalue weighted by Crippen LogP contribution is -2.45. The highest BCUT2D eigenvalue weighted by Gasteiger charge is 2.25. The van der Waals surface area contributed by atoms with Gasteiger partial charge in [0, 0.05) is 23.1 Å². The molecule has 4 nitrogen and oxygen atoms in total. The molecule has 1 saturated carbocycles. The zero-order chi connectivity index (χ0) is 13.8. The molecule has 102 valence electrons. The first-order valence-electron chi connectivity index (χ1n) is 6.37. The largest absolute Gasteiger partial charge is 0.343 e. The van der Waals surface area contributed by atoms with Gasteiger partial charge in [-0.1, -0.05) is 15.9 Å². The molecule has 0 heterocycles. The number of hydrogen-bond donors (Lipinski definition) is 1. The molecule has 0 spiro atoms. The van der Waals surface area contributed by atoms with Gasteiger partial charge in [0.2, 0.25) is 5.91 Å². The Morgan fingerprint density at radius 1 is 1.32 bits per heavy atom. The van der Waals surface area contributed by atoms with Gasteiger partial charge < -0.3 is 10.2 Å². The molecule has 1 fully saturated rings. The summed E-state index contributed by atoms with van der Waals surface area (Å²) < 4.78 is 0.921. The van der Waals surface area contributed by atoms with Gasteiger partial charge in [-0.25, -0.2) is 0 Å². The van der Waals surface area contributed by atoms with E-state index in [0.717, 1.165) is 17.3 Å². The fourth-order valence-electron chi connectivity index (χ4n) is 1.96. The molecule has 1 aromatic carbocycles. The van der Waals surface area contributed by atoms with Gasteiger partial charge in [-0.3, -0.25) is 9.59 Å². The number of likely N-dealkylation sites (N-methyl/N-ethyl adjacent to an activating group) is 1. The summed E-state index contributed by atoms with van der Waals surface area (Å²) in [7, 11) is 1.80. The first-order chi connectivity index (χ1) is 9.08. The highest BCUT2D eigenvalue weighted by molar-refractivity contribution is 9.10. The molecule has 2 amide bonds. The lowest BCUT2D eigenvalue weighted by atomic mass is 9.92. The van der Waals surface area contributed by atoms with Crippen molar-refractivity contribution in [2.45, 2.75) is 25.3 Å². The third-order valence-electron chi connectivity index (χ3n) is 3.52. The standard InChI is InChI=1S/C14H17BrN2O2/c1-17(12-3-2-4-12)13(18)9-16-14(19)10-5-7-11(15)8-6-10/h5-8,12H,2-4,9H2,1H3,(H,16,19). The summed E-state index contributed by atoms with van der Waals surface area (Å²) in [5.74, 6) is -0.252. The molecule has 1 aliphatic rings. The van der Waals surface area contributed by atoms with Crippen LogP contribution in [0.2, 0.25) is 0 Å². The second-order valence-corrected chi connectivity index (χ2v) is 5.69. The maximum Gasteiger partial charge on any atom is 0.251 e. The molecular weight excluding hydrogens is 308 g/mol. The average Bonchev–Trinajstić information content (AvgIpc) is 2.34. The number of nitrogens with zero attached hydrogens (tertiary/aromatic N) is 1. The van der Waals surface area contributed by atoms with Gasteiger partial charge in [0.05, 0.1) is 6.54 Å². The number of nitrogens with one attached hydrogen (secondary N) is 1. The van der Waals surface area contributed by atoms with Crippen LogP contribution in [0.5, 0.6) is 0 Å². The first kappa shape index (κ1) is 14.1. The van der Waals surface area contributed by atoms with Crippen molar-refractivity contribution in [1.29, 1.82) is 0 Å². The van der Waals surface area contributed by atoms with Gasteiger partial charge in [-0.15, -0.1) is 0 Å². The summed E-state index contributed by atoms with van der Waals surface area (Å²) in [6, 6.07) is 7.41. The second-order valence-electron chi connectivity index (χ2n) is 4.78. The fourth-order valence-corrected chi connectivity index (χ4v) is 2.23. The molecular formula is C14H17BrN2O2. The molecule has 0 saturated heterocycles. The normalized spacial score (nSPS) is 14.6. The summed E-state index contributed by atoms with van der Waals surface area (Å²) in [6.07, 6.45) is 3.33. The van der Waals surface area contributed by atoms with E-state index in [1.807, 2.05) is 0 Å². The smallest absolute Gasteiger partial charge is 0.251 e. The van der Waals surface area contributed by atoms with Gasteiger partial charge in [0.25, 0.3) is 5.91 Å². The monoisotopic (exact) mass is 324 g/mol. The van der Waals surface area contributed by atoms with Crippen LogP contribution in [0.25, 0.3) is 0 Å². The van der Waals surface area contributed by atoms with Gasteiger partial charge in [-0.05, 0) is 43.5 Å². The van der Waals surface area contributed by atoms with Gasteiger partial charge in [0.15, 0.2) is 0 Å². The molecule has 1 aromatic rings. The first-order valence-corrected chi connectivity index (χ1v) is 7.16. The number of carbonyl (C=O) groups is 2. The SMILES string of the molecule is CN(C(=O)CNC(=O)c1ccc(Br)cc1)C1CCC1. The predicted molar refractivity (Wildman–Crippen MR) is 76.9 cm³/mol. The van der Waals surface area contributed by atoms with E-state index in [9.17, 15) is 9.59 Å². The van der Waals surface area contributed by atoms with Crippen LogP contribution in [0.3, 0.4) is 0 Å². The maximum absolute atomic E-state index is 11.9. The summed E-state index contributed by atoms with van der Waals surface area (Å²) >= 11 is 3.31. The van der Waals surface area contributed by atoms with Crippen LogP contribution < -0.4 is 5.32 Å². The zero-order valence-corrected chi connectivity index (χ0v) is 12.4. The molecule has 1 aliphatic carbocycles. The Morgan fingerprint density at radius 3 is 2.47 bits per heavy atom. The molecule has 0 aromatic heterocycles. The minimum Gasteiger partial charge on any atom is -0.343 e. The van der Waals surface area contributed by atoms with Crippen molar-refractivity contribution in [3.05, 3.63) is 34.3 Å². The number of hydrogen-bond acceptors (Lipinski definition) is 2. The van der Waals surface area contributed by atoms with Gasteiger partial charge in [-0.2, -0.15) is 0 Å². The number of benzene rings is 1. The lowest BCUT2D eigenvalue weighted by molar-refractivity contribution is -0.132. The van der Waals surface area contributed by atoms with E-state index in [0.29, 0.717) is 11.6 Å². The summed E-state index contributed by atoms with van der Waals surface area (Å²) in [4.78, 5) is 25.5. The third kappa shape index (κ3) is 3.56. The molecule has 1 N–H and O–H groups in total. The Morgan fingerprint density at radius 2 is 1.95 bits per heavy atom. The minimum atomic E-state index is -0.220. The van der Waals surface area contributed by atoms with Crippen LogP contribution in [0.1, 0.15) is 29.6 Å². The Labute approximate surface area is 121 Å². The van der Waals surface area contributed by atoms with Crippen molar-refractivity contribution in [3.63, 3.8) is 0 Å². The number of amides is 2. The average molecular weight is 325 g/mol. The van der Waals surface area contributed by atoms with E-state index in [2.05, 4.69) is 21.2 Å². The molecule has 19 heavy (non-hydrogen) atoms. The zero-order valence-electron chi connectivity index (χ0n) is 10.9. The van der Waals surface area contributed by atoms with Crippen LogP contribution in [-0.2, 0) is 4.79 Å². The van der Waals surface area contributed by atoms with E-state index in [-0.39, 0.29) is 18.4 Å². The van der Waals surface area contributed by atoms with Crippen LogP contribution >= 0.6 is 15.9 Å². The Balaban J connectivity index is 1.82. The van der Waals surface area contributed by atoms with Crippen LogP contribution in [0, 0.1) is 0 Å². The predicted octanol–water partition coefficient (Wildman–Crippen LogP) is 2.19. The summed E-state index contributed by atoms with van der Waals surface area (Å²) in [5, 5.41) is 2.66. The van der Waals surface area contributed by atoms with Crippen LogP contribution in [0.15, 0.2) is 28.7 Å². The minimum absolute atomic E-state index is 0.0323. The van der Waals surface area contributed by atoms with E-state index < -0.39 is 0 Å². The van der Waals surface area contributed by atoms with Crippen molar-refractivity contribution < 1.29 is 9.59 Å². The van der Waals surface area contributed by atoms with E-state index in [1.165, 1.54) is 6.42 Å². The highest BCUT2D eigenvalue weighted by atomic mass is 79.9. The number of rotatable bonds is 4. The fraction of sp³-hybridized carbons (Fsp3) is 0.429. The number of halogens is 1. The Hall–Kier alpha value is -1.36. The molecule has 0 bridgehead atoms. The van der Waals surface area contributed by atoms with E-state index in [4.69, 9.17) is 0 Å². The molecule has 2 rings (SSSR count). The lowest BCUT2D eigenvalue weighted by Gasteiger charge is -2.34. The second kappa shape index (κ2) is 6.19. The summed E-state index contributed by atoms with van der Waals surface area (Å²) in [5.41, 5.74) is 0.558. The topological polar surface area (TPSA) is 49.4 Å². The van der Waals surface area contributed by atoms with Crippen molar-refractivity contribution in [3.8, 4) is 0 Å². The van der Waals surface area contributed by atoms with Crippen molar-refractivity contribution >= 4 is 27.7 Å². The maximum atomic E-state index is 11.9. The summed E-state index contributed by atoms with van der Waals surface area (Å²) in [6.45, 7) is 0.0574. The molecule has 0 aliphatic heterocycles. The Kier molecular flexibility index (Phi) is 4.58. The van der Waals surface area contributed by atoms with E-state index >= 15 is 0 Å². The molecule has 5 heteroatoms. The van der Waals surface area contributed by atoms with Crippen LogP contribution in [0.4, 0.5) is 0 Å². The van der Waals surface area contributed by atoms with Gasteiger partial charge in [0.1, 0.15) is 0 Å². The molecule has 0 unspecified atom stereocenters. The highest BCUT2D eigenvalue weighted by Crippen LogP contribution is 2.23. The van der Waals surface area contributed by atoms with Crippen molar-refractivity contribution in [2.75, 3.05) is 13.6 Å². The Bertz CT molecular complexity index is 469. The quantitative estimate of drug-likeness (QED) is 0.923. The number of carbonyl (C=O) groups excluding carboxylic acids is 2. The van der Waals surface area contributed by atoms with Crippen molar-refractivity contribution in [1.82, 2.24) is 10.2 Å². The molecule has 0 atom stereocenters.